The maximum absolute atomic E-state index is 12.2. The number of hydrogen-bond acceptors (Lipinski definition) is 2. The number of halogens is 1. The summed E-state index contributed by atoms with van der Waals surface area (Å²) in [7, 11) is 0. The highest BCUT2D eigenvalue weighted by Crippen LogP contribution is 2.34. The minimum atomic E-state index is 0.127. The van der Waals surface area contributed by atoms with E-state index < -0.39 is 0 Å². The first-order valence-electron chi connectivity index (χ1n) is 6.57. The van der Waals surface area contributed by atoms with E-state index in [1.165, 1.54) is 0 Å². The highest BCUT2D eigenvalue weighted by Gasteiger charge is 2.25. The molecule has 0 atom stereocenters. The van der Waals surface area contributed by atoms with E-state index in [0.29, 0.717) is 23.7 Å². The molecule has 0 saturated heterocycles. The minimum Gasteiger partial charge on any atom is -0.398 e. The quantitative estimate of drug-likeness (QED) is 0.860. The van der Waals surface area contributed by atoms with Crippen LogP contribution < -0.4 is 10.6 Å². The zero-order valence-electron chi connectivity index (χ0n) is 11.0. The Labute approximate surface area is 123 Å². The molecular formula is C16H15ClN2O. The second-order valence-electron chi connectivity index (χ2n) is 4.97. The molecule has 3 rings (SSSR count). The lowest BCUT2D eigenvalue weighted by molar-refractivity contribution is -0.119. The van der Waals surface area contributed by atoms with Crippen molar-refractivity contribution in [1.29, 1.82) is 0 Å². The Bertz CT molecular complexity index is 655. The van der Waals surface area contributed by atoms with Gasteiger partial charge < -0.3 is 10.6 Å². The molecule has 20 heavy (non-hydrogen) atoms. The first-order valence-corrected chi connectivity index (χ1v) is 6.95. The second kappa shape index (κ2) is 5.17. The molecule has 0 unspecified atom stereocenters. The van der Waals surface area contributed by atoms with Crippen LogP contribution in [0.15, 0.2) is 42.5 Å². The molecule has 1 heterocycles. The third-order valence-corrected chi connectivity index (χ3v) is 3.91. The summed E-state index contributed by atoms with van der Waals surface area (Å²) in [5.74, 6) is 0.127. The van der Waals surface area contributed by atoms with Crippen LogP contribution in [0, 0.1) is 0 Å². The van der Waals surface area contributed by atoms with E-state index in [1.807, 2.05) is 36.4 Å². The standard InChI is InChI=1S/C16H15ClN2O/c17-13-9-15-12(8-14(13)18)6-7-16(20)19(15)10-11-4-2-1-3-5-11/h1-5,8-9H,6-7,10,18H2. The molecule has 2 aromatic carbocycles. The maximum Gasteiger partial charge on any atom is 0.227 e. The Morgan fingerprint density at radius 1 is 1.15 bits per heavy atom. The Hall–Kier alpha value is -2.00. The fourth-order valence-corrected chi connectivity index (χ4v) is 2.69. The molecular weight excluding hydrogens is 272 g/mol. The van der Waals surface area contributed by atoms with Crippen LogP contribution in [0.5, 0.6) is 0 Å². The predicted octanol–water partition coefficient (Wildman–Crippen LogP) is 3.40. The highest BCUT2D eigenvalue weighted by molar-refractivity contribution is 6.33. The van der Waals surface area contributed by atoms with Crippen LogP contribution in [-0.4, -0.2) is 5.91 Å². The van der Waals surface area contributed by atoms with Gasteiger partial charge >= 0.3 is 0 Å². The van der Waals surface area contributed by atoms with E-state index in [4.69, 9.17) is 17.3 Å². The van der Waals surface area contributed by atoms with Crippen LogP contribution in [0.3, 0.4) is 0 Å². The third-order valence-electron chi connectivity index (χ3n) is 3.58. The molecule has 3 nitrogen and oxygen atoms in total. The van der Waals surface area contributed by atoms with Crippen molar-refractivity contribution in [2.75, 3.05) is 10.6 Å². The van der Waals surface area contributed by atoms with Gasteiger partial charge in [-0.15, -0.1) is 0 Å². The van der Waals surface area contributed by atoms with Crippen molar-refractivity contribution in [3.63, 3.8) is 0 Å². The van der Waals surface area contributed by atoms with Gasteiger partial charge in [-0.25, -0.2) is 0 Å². The van der Waals surface area contributed by atoms with Crippen LogP contribution >= 0.6 is 11.6 Å². The normalized spacial score (nSPS) is 14.2. The van der Waals surface area contributed by atoms with Gasteiger partial charge in [-0.3, -0.25) is 4.79 Å². The smallest absolute Gasteiger partial charge is 0.227 e. The summed E-state index contributed by atoms with van der Waals surface area (Å²) in [5, 5.41) is 0.497. The molecule has 4 heteroatoms. The first-order chi connectivity index (χ1) is 9.65. The number of anilines is 2. The summed E-state index contributed by atoms with van der Waals surface area (Å²) in [6, 6.07) is 13.6. The van der Waals surface area contributed by atoms with E-state index in [1.54, 1.807) is 11.0 Å². The first kappa shape index (κ1) is 13.0. The predicted molar refractivity (Wildman–Crippen MR) is 81.8 cm³/mol. The van der Waals surface area contributed by atoms with Gasteiger partial charge in [-0.2, -0.15) is 0 Å². The Balaban J connectivity index is 1.99. The highest BCUT2D eigenvalue weighted by atomic mass is 35.5. The van der Waals surface area contributed by atoms with Gasteiger partial charge in [0.05, 0.1) is 17.3 Å². The number of carbonyl (C=O) groups is 1. The number of aryl methyl sites for hydroxylation is 1. The molecule has 2 N–H and O–H groups in total. The van der Waals surface area contributed by atoms with Crippen LogP contribution in [0.4, 0.5) is 11.4 Å². The fourth-order valence-electron chi connectivity index (χ4n) is 2.53. The number of amides is 1. The lowest BCUT2D eigenvalue weighted by Crippen LogP contribution is -2.34. The number of hydrogen-bond donors (Lipinski definition) is 1. The molecule has 2 aromatic rings. The van der Waals surface area contributed by atoms with Crippen molar-refractivity contribution < 1.29 is 4.79 Å². The number of benzene rings is 2. The van der Waals surface area contributed by atoms with Crippen LogP contribution in [-0.2, 0) is 17.8 Å². The van der Waals surface area contributed by atoms with Gasteiger partial charge in [-0.1, -0.05) is 41.9 Å². The number of rotatable bonds is 2. The molecule has 0 bridgehead atoms. The molecule has 1 aliphatic heterocycles. The van der Waals surface area contributed by atoms with Crippen molar-refractivity contribution in [2.45, 2.75) is 19.4 Å². The molecule has 0 saturated carbocycles. The molecule has 0 spiro atoms. The van der Waals surface area contributed by atoms with Gasteiger partial charge in [-0.05, 0) is 29.7 Å². The van der Waals surface area contributed by atoms with Gasteiger partial charge in [0.15, 0.2) is 0 Å². The van der Waals surface area contributed by atoms with Crippen molar-refractivity contribution in [3.05, 3.63) is 58.6 Å². The largest absolute Gasteiger partial charge is 0.398 e. The number of fused-ring (bicyclic) bond motifs is 1. The SMILES string of the molecule is Nc1cc2c(cc1Cl)N(Cc1ccccc1)C(=O)CC2. The average Bonchev–Trinajstić information content (AvgIpc) is 2.45. The summed E-state index contributed by atoms with van der Waals surface area (Å²) < 4.78 is 0. The average molecular weight is 287 g/mol. The minimum absolute atomic E-state index is 0.127. The van der Waals surface area contributed by atoms with Crippen molar-refractivity contribution in [1.82, 2.24) is 0 Å². The van der Waals surface area contributed by atoms with Gasteiger partial charge in [0.2, 0.25) is 5.91 Å². The Kier molecular flexibility index (Phi) is 3.36. The summed E-state index contributed by atoms with van der Waals surface area (Å²) in [5.41, 5.74) is 9.47. The topological polar surface area (TPSA) is 46.3 Å². The molecule has 1 amide bonds. The number of nitrogens with zero attached hydrogens (tertiary/aromatic N) is 1. The van der Waals surface area contributed by atoms with Gasteiger partial charge in [0, 0.05) is 12.1 Å². The van der Waals surface area contributed by atoms with E-state index in [2.05, 4.69) is 0 Å². The van der Waals surface area contributed by atoms with Gasteiger partial charge in [0.1, 0.15) is 0 Å². The van der Waals surface area contributed by atoms with E-state index in [0.717, 1.165) is 23.2 Å². The second-order valence-corrected chi connectivity index (χ2v) is 5.38. The van der Waals surface area contributed by atoms with Crippen molar-refractivity contribution in [2.24, 2.45) is 0 Å². The summed E-state index contributed by atoms with van der Waals surface area (Å²) in [6.45, 7) is 0.562. The van der Waals surface area contributed by atoms with Crippen molar-refractivity contribution >= 4 is 28.9 Å². The number of carbonyl (C=O) groups excluding carboxylic acids is 1. The van der Waals surface area contributed by atoms with Crippen molar-refractivity contribution in [3.8, 4) is 0 Å². The monoisotopic (exact) mass is 286 g/mol. The zero-order valence-corrected chi connectivity index (χ0v) is 11.7. The number of nitrogens with two attached hydrogens (primary N) is 1. The fraction of sp³-hybridized carbons (Fsp3) is 0.188. The lowest BCUT2D eigenvalue weighted by atomic mass is 9.99. The number of nitrogen functional groups attached to an aromatic ring is 1. The molecule has 0 aliphatic carbocycles. The zero-order chi connectivity index (χ0) is 14.1. The Morgan fingerprint density at radius 3 is 2.65 bits per heavy atom. The van der Waals surface area contributed by atoms with Crippen LogP contribution in [0.1, 0.15) is 17.5 Å². The Morgan fingerprint density at radius 2 is 1.90 bits per heavy atom. The third kappa shape index (κ3) is 2.37. The summed E-state index contributed by atoms with van der Waals surface area (Å²) in [4.78, 5) is 14.0. The van der Waals surface area contributed by atoms with Gasteiger partial charge in [0.25, 0.3) is 0 Å². The van der Waals surface area contributed by atoms with E-state index in [-0.39, 0.29) is 5.91 Å². The summed E-state index contributed by atoms with van der Waals surface area (Å²) in [6.07, 6.45) is 1.24. The van der Waals surface area contributed by atoms with E-state index >= 15 is 0 Å². The van der Waals surface area contributed by atoms with E-state index in [9.17, 15) is 4.79 Å². The molecule has 0 fully saturated rings. The lowest BCUT2D eigenvalue weighted by Gasteiger charge is -2.30. The summed E-state index contributed by atoms with van der Waals surface area (Å²) >= 11 is 6.10. The van der Waals surface area contributed by atoms with Crippen LogP contribution in [0.25, 0.3) is 0 Å². The molecule has 102 valence electrons. The molecule has 0 radical (unpaired) electrons. The molecule has 0 aromatic heterocycles. The molecule has 1 aliphatic rings. The maximum atomic E-state index is 12.2. The van der Waals surface area contributed by atoms with Crippen LogP contribution in [0.2, 0.25) is 5.02 Å².